The van der Waals surface area contributed by atoms with Crippen LogP contribution in [0.25, 0.3) is 17.4 Å². The first-order valence-corrected chi connectivity index (χ1v) is 12.1. The molecule has 0 radical (unpaired) electrons. The minimum Gasteiger partial charge on any atom is -0.462 e. The standard InChI is InChI=1S/C26H21ClN2O6S/c1-3-34-25(32)18-12-16(8-10-19(18)27)21-11-9-17(35-21)13-22-24(31)29(26(33)36-22)14-23(30)28-20-7-5-4-6-15(20)2/h4-13H,3,14H2,1-2H3,(H,28,30)/b22-13+. The molecule has 0 aliphatic carbocycles. The maximum Gasteiger partial charge on any atom is 0.339 e. The van der Waals surface area contributed by atoms with Crippen LogP contribution in [-0.2, 0) is 14.3 Å². The van der Waals surface area contributed by atoms with Crippen molar-refractivity contribution in [2.45, 2.75) is 13.8 Å². The Morgan fingerprint density at radius 3 is 2.67 bits per heavy atom. The summed E-state index contributed by atoms with van der Waals surface area (Å²) in [5.41, 5.74) is 2.27. The van der Waals surface area contributed by atoms with E-state index in [1.807, 2.05) is 19.1 Å². The monoisotopic (exact) mass is 524 g/mol. The number of rotatable bonds is 7. The molecule has 3 amide bonds. The molecule has 1 N–H and O–H groups in total. The predicted molar refractivity (Wildman–Crippen MR) is 138 cm³/mol. The zero-order valence-corrected chi connectivity index (χ0v) is 20.9. The summed E-state index contributed by atoms with van der Waals surface area (Å²) in [4.78, 5) is 50.8. The molecule has 0 unspecified atom stereocenters. The summed E-state index contributed by atoms with van der Waals surface area (Å²) < 4.78 is 10.8. The van der Waals surface area contributed by atoms with Gasteiger partial charge in [-0.05, 0) is 67.6 Å². The number of esters is 1. The highest BCUT2D eigenvalue weighted by Crippen LogP contribution is 2.34. The van der Waals surface area contributed by atoms with Crippen molar-refractivity contribution in [2.24, 2.45) is 0 Å². The summed E-state index contributed by atoms with van der Waals surface area (Å²) in [5, 5.41) is 2.42. The molecular weight excluding hydrogens is 504 g/mol. The lowest BCUT2D eigenvalue weighted by atomic mass is 10.1. The number of amides is 3. The topological polar surface area (TPSA) is 106 Å². The summed E-state index contributed by atoms with van der Waals surface area (Å²) in [7, 11) is 0. The largest absolute Gasteiger partial charge is 0.462 e. The number of carbonyl (C=O) groups excluding carboxylic acids is 4. The number of imide groups is 1. The number of halogens is 1. The molecular formula is C26H21ClN2O6S. The molecule has 1 aliphatic heterocycles. The van der Waals surface area contributed by atoms with Crippen LogP contribution in [0.1, 0.15) is 28.6 Å². The summed E-state index contributed by atoms with van der Waals surface area (Å²) in [6.45, 7) is 3.36. The van der Waals surface area contributed by atoms with E-state index in [4.69, 9.17) is 20.8 Å². The zero-order chi connectivity index (χ0) is 25.8. The van der Waals surface area contributed by atoms with Gasteiger partial charge in [0.1, 0.15) is 18.1 Å². The number of carbonyl (C=O) groups is 4. The molecule has 1 fully saturated rings. The van der Waals surface area contributed by atoms with Crippen molar-refractivity contribution in [2.75, 3.05) is 18.5 Å². The molecule has 2 heterocycles. The first-order chi connectivity index (χ1) is 17.3. The lowest BCUT2D eigenvalue weighted by Gasteiger charge is -2.13. The molecule has 0 spiro atoms. The van der Waals surface area contributed by atoms with Gasteiger partial charge in [0.15, 0.2) is 0 Å². The third-order valence-electron chi connectivity index (χ3n) is 5.24. The molecule has 1 saturated heterocycles. The van der Waals surface area contributed by atoms with E-state index in [2.05, 4.69) is 5.32 Å². The Labute approximate surface area is 216 Å². The van der Waals surface area contributed by atoms with Gasteiger partial charge < -0.3 is 14.5 Å². The highest BCUT2D eigenvalue weighted by atomic mass is 35.5. The Kier molecular flexibility index (Phi) is 7.61. The molecule has 0 atom stereocenters. The number of hydrogen-bond donors (Lipinski definition) is 1. The molecule has 1 aliphatic rings. The maximum atomic E-state index is 12.8. The second-order valence-electron chi connectivity index (χ2n) is 7.75. The van der Waals surface area contributed by atoms with E-state index in [1.165, 1.54) is 6.08 Å². The number of nitrogens with one attached hydrogen (secondary N) is 1. The van der Waals surface area contributed by atoms with Crippen LogP contribution in [0.2, 0.25) is 5.02 Å². The summed E-state index contributed by atoms with van der Waals surface area (Å²) in [6.07, 6.45) is 1.44. The average molecular weight is 525 g/mol. The Hall–Kier alpha value is -3.82. The molecule has 3 aromatic rings. The lowest BCUT2D eigenvalue weighted by Crippen LogP contribution is -2.36. The first kappa shape index (κ1) is 25.3. The van der Waals surface area contributed by atoms with Gasteiger partial charge in [-0.1, -0.05) is 29.8 Å². The van der Waals surface area contributed by atoms with E-state index in [1.54, 1.807) is 49.4 Å². The molecule has 0 saturated carbocycles. The fourth-order valence-electron chi connectivity index (χ4n) is 3.44. The molecule has 0 bridgehead atoms. The van der Waals surface area contributed by atoms with Crippen LogP contribution in [0.3, 0.4) is 0 Å². The van der Waals surface area contributed by atoms with Crippen LogP contribution in [0.4, 0.5) is 10.5 Å². The SMILES string of the molecule is CCOC(=O)c1cc(-c2ccc(/C=C3/SC(=O)N(CC(=O)Nc4ccccc4C)C3=O)o2)ccc1Cl. The number of nitrogens with zero attached hydrogens (tertiary/aromatic N) is 1. The number of thioether (sulfide) groups is 1. The number of benzene rings is 2. The minimum atomic E-state index is -0.584. The van der Waals surface area contributed by atoms with Crippen molar-refractivity contribution >= 4 is 58.1 Å². The summed E-state index contributed by atoms with van der Waals surface area (Å²) in [6, 6.07) is 15.3. The van der Waals surface area contributed by atoms with Gasteiger partial charge >= 0.3 is 5.97 Å². The summed E-state index contributed by atoms with van der Waals surface area (Å²) in [5.74, 6) is -0.851. The normalized spacial score (nSPS) is 14.4. The van der Waals surface area contributed by atoms with E-state index in [9.17, 15) is 19.2 Å². The van der Waals surface area contributed by atoms with Crippen LogP contribution >= 0.6 is 23.4 Å². The molecule has 1 aromatic heterocycles. The van der Waals surface area contributed by atoms with Gasteiger partial charge in [0.25, 0.3) is 11.1 Å². The second kappa shape index (κ2) is 10.8. The van der Waals surface area contributed by atoms with Crippen molar-refractivity contribution in [1.29, 1.82) is 0 Å². The van der Waals surface area contributed by atoms with E-state index >= 15 is 0 Å². The number of aryl methyl sites for hydroxylation is 1. The lowest BCUT2D eigenvalue weighted by molar-refractivity contribution is -0.127. The van der Waals surface area contributed by atoms with Crippen molar-refractivity contribution in [3.63, 3.8) is 0 Å². The third-order valence-corrected chi connectivity index (χ3v) is 6.48. The molecule has 184 valence electrons. The summed E-state index contributed by atoms with van der Waals surface area (Å²) >= 11 is 6.85. The van der Waals surface area contributed by atoms with E-state index < -0.39 is 29.6 Å². The van der Waals surface area contributed by atoms with Gasteiger partial charge in [0.2, 0.25) is 5.91 Å². The first-order valence-electron chi connectivity index (χ1n) is 10.9. The van der Waals surface area contributed by atoms with Crippen molar-refractivity contribution < 1.29 is 28.3 Å². The Balaban J connectivity index is 1.48. The molecule has 10 heteroatoms. The predicted octanol–water partition coefficient (Wildman–Crippen LogP) is 5.76. The molecule has 36 heavy (non-hydrogen) atoms. The zero-order valence-electron chi connectivity index (χ0n) is 19.4. The molecule has 4 rings (SSSR count). The van der Waals surface area contributed by atoms with Gasteiger partial charge in [-0.15, -0.1) is 0 Å². The van der Waals surface area contributed by atoms with Crippen molar-refractivity contribution in [3.05, 3.63) is 81.4 Å². The number of ether oxygens (including phenoxy) is 1. The highest BCUT2D eigenvalue weighted by Gasteiger charge is 2.36. The fourth-order valence-corrected chi connectivity index (χ4v) is 4.45. The van der Waals surface area contributed by atoms with Crippen molar-refractivity contribution in [1.82, 2.24) is 4.90 Å². The number of para-hydroxylation sites is 1. The number of anilines is 1. The van der Waals surface area contributed by atoms with Gasteiger partial charge in [-0.3, -0.25) is 19.3 Å². The van der Waals surface area contributed by atoms with E-state index in [-0.39, 0.29) is 22.1 Å². The van der Waals surface area contributed by atoms with Gasteiger partial charge in [0, 0.05) is 17.3 Å². The minimum absolute atomic E-state index is 0.132. The maximum absolute atomic E-state index is 12.8. The smallest absolute Gasteiger partial charge is 0.339 e. The van der Waals surface area contributed by atoms with Crippen LogP contribution in [0.15, 0.2) is 63.9 Å². The highest BCUT2D eigenvalue weighted by molar-refractivity contribution is 8.18. The molecule has 2 aromatic carbocycles. The van der Waals surface area contributed by atoms with E-state index in [0.717, 1.165) is 22.2 Å². The second-order valence-corrected chi connectivity index (χ2v) is 9.15. The number of furan rings is 1. The van der Waals surface area contributed by atoms with Gasteiger partial charge in [0.05, 0.1) is 22.1 Å². The van der Waals surface area contributed by atoms with Gasteiger partial charge in [-0.25, -0.2) is 4.79 Å². The van der Waals surface area contributed by atoms with E-state index in [0.29, 0.717) is 22.8 Å². The van der Waals surface area contributed by atoms with Crippen LogP contribution in [-0.4, -0.2) is 41.1 Å². The third kappa shape index (κ3) is 5.53. The quantitative estimate of drug-likeness (QED) is 0.309. The Bertz CT molecular complexity index is 1400. The average Bonchev–Trinajstić information content (AvgIpc) is 3.41. The van der Waals surface area contributed by atoms with Crippen LogP contribution in [0, 0.1) is 6.92 Å². The fraction of sp³-hybridized carbons (Fsp3) is 0.154. The number of hydrogen-bond acceptors (Lipinski definition) is 7. The molecule has 8 nitrogen and oxygen atoms in total. The Morgan fingerprint density at radius 2 is 1.92 bits per heavy atom. The van der Waals surface area contributed by atoms with Gasteiger partial charge in [-0.2, -0.15) is 0 Å². The van der Waals surface area contributed by atoms with Crippen molar-refractivity contribution in [3.8, 4) is 11.3 Å². The Morgan fingerprint density at radius 1 is 1.14 bits per heavy atom. The van der Waals surface area contributed by atoms with Crippen LogP contribution < -0.4 is 5.32 Å². The van der Waals surface area contributed by atoms with Crippen LogP contribution in [0.5, 0.6) is 0 Å².